The molecule has 0 fully saturated rings. The normalized spacial score (nSPS) is 11.9. The smallest absolute Gasteiger partial charge is 0.101 e. The van der Waals surface area contributed by atoms with Gasteiger partial charge in [0.15, 0.2) is 0 Å². The Morgan fingerprint density at radius 2 is 0.769 bits per heavy atom. The van der Waals surface area contributed by atoms with Crippen molar-refractivity contribution >= 4 is 92.9 Å². The zero-order chi connectivity index (χ0) is 34.5. The van der Waals surface area contributed by atoms with Crippen molar-refractivity contribution in [1.29, 1.82) is 10.7 Å². The van der Waals surface area contributed by atoms with Crippen LogP contribution in [0.15, 0.2) is 158 Å². The molecule has 1 N–H and O–H groups in total. The predicted octanol–water partition coefficient (Wildman–Crippen LogP) is 12.4. The van der Waals surface area contributed by atoms with Crippen LogP contribution in [-0.4, -0.2) is 15.3 Å². The van der Waals surface area contributed by atoms with Crippen LogP contribution in [0, 0.1) is 16.7 Å². The van der Waals surface area contributed by atoms with Gasteiger partial charge >= 0.3 is 0 Å². The molecule has 0 saturated heterocycles. The number of hydrogen-bond donors (Lipinski definition) is 1. The number of fused-ring (bicyclic) bond motifs is 16. The fourth-order valence-electron chi connectivity index (χ4n) is 8.98. The lowest BCUT2D eigenvalue weighted by Crippen LogP contribution is -2.09. The topological polar surface area (TPSA) is 57.5 Å². The number of hydrogen-bond acceptors (Lipinski definition) is 2. The van der Waals surface area contributed by atoms with Crippen molar-refractivity contribution < 1.29 is 0 Å². The number of nitrogens with one attached hydrogen (secondary N) is 1. The molecule has 11 aromatic rings. The molecule has 240 valence electrons. The Labute approximate surface area is 298 Å². The van der Waals surface area contributed by atoms with E-state index in [4.69, 9.17) is 5.41 Å². The quantitative estimate of drug-likeness (QED) is 0.149. The molecule has 2 aromatic heterocycles. The Balaban J connectivity index is 1.45. The van der Waals surface area contributed by atoms with E-state index in [1.807, 2.05) is 12.1 Å². The molecule has 2 heterocycles. The number of nitriles is 1. The maximum Gasteiger partial charge on any atom is 0.101 e. The van der Waals surface area contributed by atoms with Crippen LogP contribution in [0.25, 0.3) is 98.1 Å². The van der Waals surface area contributed by atoms with E-state index in [1.165, 1.54) is 33.1 Å². The lowest BCUT2D eigenvalue weighted by atomic mass is 9.96. The highest BCUT2D eigenvalue weighted by Gasteiger charge is 2.27. The van der Waals surface area contributed by atoms with Gasteiger partial charge < -0.3 is 14.5 Å². The summed E-state index contributed by atoms with van der Waals surface area (Å²) in [4.78, 5) is 0. The van der Waals surface area contributed by atoms with Gasteiger partial charge in [0, 0.05) is 44.1 Å². The van der Waals surface area contributed by atoms with Crippen LogP contribution in [0.1, 0.15) is 11.1 Å². The monoisotopic (exact) mass is 660 g/mol. The highest BCUT2D eigenvalue weighted by atomic mass is 15.1. The summed E-state index contributed by atoms with van der Waals surface area (Å²) in [5, 5.41) is 33.8. The van der Waals surface area contributed by atoms with E-state index < -0.39 is 0 Å². The second kappa shape index (κ2) is 10.6. The van der Waals surface area contributed by atoms with Gasteiger partial charge in [0.25, 0.3) is 0 Å². The number of aromatic nitrogens is 2. The summed E-state index contributed by atoms with van der Waals surface area (Å²) in [7, 11) is 0. The largest absolute Gasteiger partial charge is 0.308 e. The molecule has 0 aliphatic heterocycles. The van der Waals surface area contributed by atoms with E-state index in [2.05, 4.69) is 161 Å². The van der Waals surface area contributed by atoms with E-state index in [1.54, 1.807) is 0 Å². The molecule has 0 atom stereocenters. The van der Waals surface area contributed by atoms with E-state index >= 15 is 0 Å². The summed E-state index contributed by atoms with van der Waals surface area (Å²) in [6.07, 6.45) is 1.44. The molecule has 4 heteroatoms. The van der Waals surface area contributed by atoms with Crippen molar-refractivity contribution in [2.24, 2.45) is 0 Å². The van der Waals surface area contributed by atoms with Gasteiger partial charge in [-0.1, -0.05) is 133 Å². The maximum atomic E-state index is 11.0. The van der Waals surface area contributed by atoms with Gasteiger partial charge in [-0.25, -0.2) is 0 Å². The molecule has 0 amide bonds. The van der Waals surface area contributed by atoms with Gasteiger partial charge in [0.1, 0.15) is 6.07 Å². The van der Waals surface area contributed by atoms with Crippen LogP contribution < -0.4 is 0 Å². The van der Waals surface area contributed by atoms with Crippen LogP contribution in [-0.2, 0) is 0 Å². The summed E-state index contributed by atoms with van der Waals surface area (Å²) in [5.74, 6) is 0. The summed E-state index contributed by atoms with van der Waals surface area (Å²) in [6.45, 7) is 0. The van der Waals surface area contributed by atoms with E-state index in [-0.39, 0.29) is 0 Å². The lowest BCUT2D eigenvalue weighted by molar-refractivity contribution is 1.09. The van der Waals surface area contributed by atoms with Crippen LogP contribution in [0.4, 0.5) is 0 Å². The Morgan fingerprint density at radius 3 is 1.21 bits per heavy atom. The molecule has 0 bridgehead atoms. The molecule has 9 aromatic carbocycles. The molecule has 0 saturated carbocycles. The van der Waals surface area contributed by atoms with Gasteiger partial charge in [-0.05, 0) is 56.6 Å². The molecule has 11 rings (SSSR count). The lowest BCUT2D eigenvalue weighted by Gasteiger charge is -2.21. The Kier molecular flexibility index (Phi) is 5.85. The highest BCUT2D eigenvalue weighted by Crippen LogP contribution is 2.47. The van der Waals surface area contributed by atoms with Crippen molar-refractivity contribution in [3.63, 3.8) is 0 Å². The van der Waals surface area contributed by atoms with Gasteiger partial charge in [-0.15, -0.1) is 0 Å². The van der Waals surface area contributed by atoms with Gasteiger partial charge in [-0.2, -0.15) is 5.26 Å². The average Bonchev–Trinajstić information content (AvgIpc) is 3.75. The number of rotatable bonds is 3. The van der Waals surface area contributed by atoms with Crippen molar-refractivity contribution in [3.05, 3.63) is 169 Å². The Hall–Kier alpha value is -7.22. The molecule has 0 aliphatic carbocycles. The third-order valence-electron chi connectivity index (χ3n) is 11.0. The first-order valence-electron chi connectivity index (χ1n) is 17.5. The van der Waals surface area contributed by atoms with Crippen molar-refractivity contribution in [2.75, 3.05) is 0 Å². The highest BCUT2D eigenvalue weighted by molar-refractivity contribution is 6.34. The standard InChI is InChI=1S/C48H28N4/c49-27-29-25-26-30(28-50)46(52-42-24-12-10-22-40(42)44-36-18-6-2-14-32(36)34-16-4-8-20-38(34)48(44)52)45(29)51-41-23-11-9-21-39(41)43-35-17-5-1-13-31(35)33-15-3-7-19-37(33)47(43)51/h1-27,49H. The van der Waals surface area contributed by atoms with Crippen molar-refractivity contribution in [2.45, 2.75) is 0 Å². The molecule has 0 radical (unpaired) electrons. The van der Waals surface area contributed by atoms with Crippen LogP contribution in [0.5, 0.6) is 0 Å². The van der Waals surface area contributed by atoms with Crippen molar-refractivity contribution in [3.8, 4) is 17.4 Å². The molecule has 0 unspecified atom stereocenters. The van der Waals surface area contributed by atoms with Crippen LogP contribution >= 0.6 is 0 Å². The first kappa shape index (κ1) is 28.6. The third-order valence-corrected chi connectivity index (χ3v) is 11.0. The molecule has 52 heavy (non-hydrogen) atoms. The zero-order valence-corrected chi connectivity index (χ0v) is 27.9. The van der Waals surface area contributed by atoms with Gasteiger partial charge in [-0.3, -0.25) is 0 Å². The zero-order valence-electron chi connectivity index (χ0n) is 27.9. The third kappa shape index (κ3) is 3.61. The van der Waals surface area contributed by atoms with E-state index in [0.717, 1.165) is 76.7 Å². The fourth-order valence-corrected chi connectivity index (χ4v) is 8.98. The number of nitrogens with zero attached hydrogens (tertiary/aromatic N) is 3. The molecule has 0 aliphatic rings. The number of para-hydroxylation sites is 2. The minimum Gasteiger partial charge on any atom is -0.308 e. The minimum atomic E-state index is 0.538. The van der Waals surface area contributed by atoms with Gasteiger partial charge in [0.2, 0.25) is 0 Å². The summed E-state index contributed by atoms with van der Waals surface area (Å²) in [5.41, 5.74) is 6.97. The summed E-state index contributed by atoms with van der Waals surface area (Å²) in [6, 6.07) is 58.0. The Morgan fingerprint density at radius 1 is 0.404 bits per heavy atom. The molecular weight excluding hydrogens is 633 g/mol. The van der Waals surface area contributed by atoms with E-state index in [9.17, 15) is 5.26 Å². The SMILES string of the molecule is N#Cc1ccc(C=N)c(-n2c3ccccc3c3c4ccccc4c4ccccc4c32)c1-n1c2ccccc2c2c3ccccc3c3ccccc3c21. The van der Waals surface area contributed by atoms with Crippen LogP contribution in [0.2, 0.25) is 0 Å². The average molecular weight is 661 g/mol. The first-order chi connectivity index (χ1) is 25.8. The van der Waals surface area contributed by atoms with E-state index in [0.29, 0.717) is 5.56 Å². The summed E-state index contributed by atoms with van der Waals surface area (Å²) < 4.78 is 4.64. The molecular formula is C48H28N4. The molecule has 0 spiro atoms. The molecule has 4 nitrogen and oxygen atoms in total. The predicted molar refractivity (Wildman–Crippen MR) is 218 cm³/mol. The maximum absolute atomic E-state index is 11.0. The number of benzene rings is 9. The second-order valence-corrected chi connectivity index (χ2v) is 13.5. The fraction of sp³-hybridized carbons (Fsp3) is 0. The Bertz CT molecular complexity index is 3390. The van der Waals surface area contributed by atoms with Crippen LogP contribution in [0.3, 0.4) is 0 Å². The second-order valence-electron chi connectivity index (χ2n) is 13.5. The van der Waals surface area contributed by atoms with Gasteiger partial charge in [0.05, 0.1) is 39.0 Å². The summed E-state index contributed by atoms with van der Waals surface area (Å²) >= 11 is 0. The minimum absolute atomic E-state index is 0.538. The van der Waals surface area contributed by atoms with Crippen molar-refractivity contribution in [1.82, 2.24) is 9.13 Å². The first-order valence-corrected chi connectivity index (χ1v) is 17.5.